The molecule has 1 aliphatic carbocycles. The van der Waals surface area contributed by atoms with Gasteiger partial charge >= 0.3 is 0 Å². The van der Waals surface area contributed by atoms with E-state index in [2.05, 4.69) is 41.8 Å². The van der Waals surface area contributed by atoms with Crippen LogP contribution in [0.15, 0.2) is 36.5 Å². The van der Waals surface area contributed by atoms with Gasteiger partial charge < -0.3 is 5.32 Å². The highest BCUT2D eigenvalue weighted by Gasteiger charge is 2.15. The lowest BCUT2D eigenvalue weighted by Crippen LogP contribution is -2.32. The van der Waals surface area contributed by atoms with E-state index < -0.39 is 0 Å². The predicted molar refractivity (Wildman–Crippen MR) is 47.3 cm³/mol. The maximum atomic E-state index is 3.48. The number of rotatable bonds is 0. The molecule has 2 unspecified atom stereocenters. The summed E-state index contributed by atoms with van der Waals surface area (Å²) in [6.07, 6.45) is 14.5. The fraction of sp³-hybridized carbons (Fsp3) is 0.400. The van der Waals surface area contributed by atoms with Crippen molar-refractivity contribution in [1.82, 2.24) is 5.32 Å². The Kier molecular flexibility index (Phi) is 1.91. The van der Waals surface area contributed by atoms with E-state index in [-0.39, 0.29) is 0 Å². The quantitative estimate of drug-likeness (QED) is 0.514. The van der Waals surface area contributed by atoms with Crippen molar-refractivity contribution in [3.05, 3.63) is 36.5 Å². The van der Waals surface area contributed by atoms with Crippen LogP contribution in [0.3, 0.4) is 0 Å². The molecule has 1 aliphatic heterocycles. The van der Waals surface area contributed by atoms with Gasteiger partial charge in [0.05, 0.1) is 0 Å². The molecular formula is C10H13N. The van der Waals surface area contributed by atoms with Crippen LogP contribution < -0.4 is 5.32 Å². The van der Waals surface area contributed by atoms with E-state index >= 15 is 0 Å². The highest BCUT2D eigenvalue weighted by molar-refractivity contribution is 5.22. The minimum Gasteiger partial charge on any atom is -0.309 e. The van der Waals surface area contributed by atoms with Gasteiger partial charge in [-0.1, -0.05) is 36.5 Å². The van der Waals surface area contributed by atoms with E-state index in [0.717, 1.165) is 13.0 Å². The zero-order valence-corrected chi connectivity index (χ0v) is 6.53. The number of allylic oxidation sites excluding steroid dienone is 2. The van der Waals surface area contributed by atoms with Gasteiger partial charge in [0.25, 0.3) is 0 Å². The van der Waals surface area contributed by atoms with Crippen LogP contribution in [-0.4, -0.2) is 12.6 Å². The van der Waals surface area contributed by atoms with Crippen molar-refractivity contribution >= 4 is 0 Å². The minimum atomic E-state index is 0.541. The van der Waals surface area contributed by atoms with Gasteiger partial charge in [-0.05, 0) is 13.0 Å². The summed E-state index contributed by atoms with van der Waals surface area (Å²) in [6, 6.07) is 0.541. The molecule has 2 rings (SSSR count). The maximum Gasteiger partial charge on any atom is 0.0351 e. The first kappa shape index (κ1) is 6.86. The Hall–Kier alpha value is -0.820. The van der Waals surface area contributed by atoms with Crippen molar-refractivity contribution in [2.24, 2.45) is 5.92 Å². The molecule has 0 bridgehead atoms. The fourth-order valence-corrected chi connectivity index (χ4v) is 1.60. The van der Waals surface area contributed by atoms with Crippen molar-refractivity contribution in [1.29, 1.82) is 0 Å². The SMILES string of the molecule is C1=CC2C=CCCNC2C=C1. The average molecular weight is 147 g/mol. The third-order valence-electron chi connectivity index (χ3n) is 2.23. The lowest BCUT2D eigenvalue weighted by Gasteiger charge is -2.20. The second kappa shape index (κ2) is 3.05. The summed E-state index contributed by atoms with van der Waals surface area (Å²) in [4.78, 5) is 0. The van der Waals surface area contributed by atoms with Gasteiger partial charge in [-0.25, -0.2) is 0 Å². The minimum absolute atomic E-state index is 0.541. The molecule has 0 fully saturated rings. The molecule has 11 heavy (non-hydrogen) atoms. The topological polar surface area (TPSA) is 12.0 Å². The van der Waals surface area contributed by atoms with E-state index in [1.165, 1.54) is 0 Å². The molecule has 1 N–H and O–H groups in total. The second-order valence-electron chi connectivity index (χ2n) is 3.04. The molecule has 1 nitrogen and oxygen atoms in total. The molecule has 0 aromatic carbocycles. The van der Waals surface area contributed by atoms with E-state index in [1.807, 2.05) is 0 Å². The molecule has 1 heterocycles. The van der Waals surface area contributed by atoms with Gasteiger partial charge in [0.2, 0.25) is 0 Å². The molecule has 0 amide bonds. The first-order valence-corrected chi connectivity index (χ1v) is 4.22. The van der Waals surface area contributed by atoms with Crippen LogP contribution in [0.5, 0.6) is 0 Å². The van der Waals surface area contributed by atoms with Crippen LogP contribution in [0.1, 0.15) is 6.42 Å². The summed E-state index contributed by atoms with van der Waals surface area (Å²) in [7, 11) is 0. The third kappa shape index (κ3) is 1.43. The van der Waals surface area contributed by atoms with Gasteiger partial charge in [0, 0.05) is 12.0 Å². The number of hydrogen-bond donors (Lipinski definition) is 1. The lowest BCUT2D eigenvalue weighted by molar-refractivity contribution is 0.548. The molecule has 1 heteroatoms. The summed E-state index contributed by atoms with van der Waals surface area (Å²) in [5.74, 6) is 0.586. The van der Waals surface area contributed by atoms with Crippen LogP contribution in [0.25, 0.3) is 0 Å². The zero-order chi connectivity index (χ0) is 7.52. The van der Waals surface area contributed by atoms with Crippen molar-refractivity contribution < 1.29 is 0 Å². The number of hydrogen-bond acceptors (Lipinski definition) is 1. The number of fused-ring (bicyclic) bond motifs is 1. The van der Waals surface area contributed by atoms with Gasteiger partial charge in [-0.15, -0.1) is 0 Å². The summed E-state index contributed by atoms with van der Waals surface area (Å²) in [6.45, 7) is 1.11. The monoisotopic (exact) mass is 147 g/mol. The van der Waals surface area contributed by atoms with Crippen molar-refractivity contribution in [2.45, 2.75) is 12.5 Å². The first-order chi connectivity index (χ1) is 5.47. The standard InChI is InChI=1S/C10H13N/c1-2-7-10-9(5-1)6-3-4-8-11-10/h1-3,5-7,9-11H,4,8H2. The summed E-state index contributed by atoms with van der Waals surface area (Å²) in [5, 5.41) is 3.48. The van der Waals surface area contributed by atoms with Crippen LogP contribution in [0.4, 0.5) is 0 Å². The predicted octanol–water partition coefficient (Wildman–Crippen LogP) is 1.65. The maximum absolute atomic E-state index is 3.48. The van der Waals surface area contributed by atoms with Gasteiger partial charge in [-0.3, -0.25) is 0 Å². The van der Waals surface area contributed by atoms with Crippen molar-refractivity contribution in [3.8, 4) is 0 Å². The molecule has 0 aromatic heterocycles. The molecule has 58 valence electrons. The molecule has 0 spiro atoms. The molecule has 0 radical (unpaired) electrons. The van der Waals surface area contributed by atoms with E-state index in [1.54, 1.807) is 0 Å². The van der Waals surface area contributed by atoms with Crippen LogP contribution in [0, 0.1) is 5.92 Å². The smallest absolute Gasteiger partial charge is 0.0351 e. The lowest BCUT2D eigenvalue weighted by atomic mass is 9.95. The fourth-order valence-electron chi connectivity index (χ4n) is 1.60. The van der Waals surface area contributed by atoms with Crippen molar-refractivity contribution in [2.75, 3.05) is 6.54 Å². The van der Waals surface area contributed by atoms with Crippen LogP contribution >= 0.6 is 0 Å². The van der Waals surface area contributed by atoms with Crippen LogP contribution in [-0.2, 0) is 0 Å². The Morgan fingerprint density at radius 1 is 1.09 bits per heavy atom. The van der Waals surface area contributed by atoms with E-state index in [0.29, 0.717) is 12.0 Å². The summed E-state index contributed by atoms with van der Waals surface area (Å²) in [5.41, 5.74) is 0. The highest BCUT2D eigenvalue weighted by Crippen LogP contribution is 2.16. The zero-order valence-electron chi connectivity index (χ0n) is 6.53. The average Bonchev–Trinajstić information content (AvgIpc) is 2.28. The Labute approximate surface area is 67.5 Å². The Morgan fingerprint density at radius 3 is 3.00 bits per heavy atom. The highest BCUT2D eigenvalue weighted by atomic mass is 14.9. The van der Waals surface area contributed by atoms with E-state index in [4.69, 9.17) is 0 Å². The molecule has 0 aromatic rings. The molecule has 0 saturated heterocycles. The Morgan fingerprint density at radius 2 is 2.00 bits per heavy atom. The van der Waals surface area contributed by atoms with Gasteiger partial charge in [0.1, 0.15) is 0 Å². The number of nitrogens with one attached hydrogen (secondary N) is 1. The van der Waals surface area contributed by atoms with E-state index in [9.17, 15) is 0 Å². The molecule has 2 aliphatic rings. The summed E-state index contributed by atoms with van der Waals surface area (Å²) >= 11 is 0. The molecule has 2 atom stereocenters. The Balaban J connectivity index is 2.16. The largest absolute Gasteiger partial charge is 0.309 e. The van der Waals surface area contributed by atoms with Crippen molar-refractivity contribution in [3.63, 3.8) is 0 Å². The first-order valence-electron chi connectivity index (χ1n) is 4.22. The van der Waals surface area contributed by atoms with Crippen LogP contribution in [0.2, 0.25) is 0 Å². The summed E-state index contributed by atoms with van der Waals surface area (Å²) < 4.78 is 0. The molecular weight excluding hydrogens is 134 g/mol. The van der Waals surface area contributed by atoms with Gasteiger partial charge in [0.15, 0.2) is 0 Å². The van der Waals surface area contributed by atoms with Gasteiger partial charge in [-0.2, -0.15) is 0 Å². The molecule has 0 saturated carbocycles. The normalized spacial score (nSPS) is 34.9. The Bertz CT molecular complexity index is 213. The second-order valence-corrected chi connectivity index (χ2v) is 3.04. The third-order valence-corrected chi connectivity index (χ3v) is 2.23.